The molecular weight excluding hydrogens is 388 g/mol. The number of nitrogens with zero attached hydrogens (tertiary/aromatic N) is 1. The second-order valence-electron chi connectivity index (χ2n) is 6.64. The first-order chi connectivity index (χ1) is 13.9. The minimum absolute atomic E-state index is 0.191. The molecule has 0 fully saturated rings. The van der Waals surface area contributed by atoms with Gasteiger partial charge >= 0.3 is 0 Å². The summed E-state index contributed by atoms with van der Waals surface area (Å²) in [5.41, 5.74) is 2.43. The third kappa shape index (κ3) is 5.05. The summed E-state index contributed by atoms with van der Waals surface area (Å²) in [5, 5.41) is 0.806. The third-order valence-corrected chi connectivity index (χ3v) is 5.91. The maximum Gasteiger partial charge on any atom is 0.242 e. The first kappa shape index (κ1) is 21.1. The molecule has 2 aromatic carbocycles. The Bertz CT molecular complexity index is 1100. The number of hydrogen-bond acceptors (Lipinski definition) is 5. The molecule has 3 rings (SSSR count). The van der Waals surface area contributed by atoms with Gasteiger partial charge in [0, 0.05) is 18.1 Å². The van der Waals surface area contributed by atoms with Crippen molar-refractivity contribution in [2.24, 2.45) is 0 Å². The van der Waals surface area contributed by atoms with Crippen LogP contribution in [0.3, 0.4) is 0 Å². The number of sulfonamides is 1. The van der Waals surface area contributed by atoms with Crippen LogP contribution in [-0.2, 0) is 16.4 Å². The number of ether oxygens (including phenoxy) is 2. The van der Waals surface area contributed by atoms with Gasteiger partial charge in [0.05, 0.1) is 18.7 Å². The van der Waals surface area contributed by atoms with E-state index in [1.54, 1.807) is 18.3 Å². The predicted octanol–water partition coefficient (Wildman–Crippen LogP) is 3.86. The summed E-state index contributed by atoms with van der Waals surface area (Å²) in [7, 11) is -3.68. The van der Waals surface area contributed by atoms with Gasteiger partial charge in [-0.1, -0.05) is 18.2 Å². The highest BCUT2D eigenvalue weighted by Gasteiger charge is 2.18. The molecule has 0 unspecified atom stereocenters. The molecule has 154 valence electrons. The van der Waals surface area contributed by atoms with Crippen molar-refractivity contribution in [3.8, 4) is 11.5 Å². The van der Waals surface area contributed by atoms with Gasteiger partial charge in [0.2, 0.25) is 10.0 Å². The quantitative estimate of drug-likeness (QED) is 0.575. The van der Waals surface area contributed by atoms with Crippen LogP contribution in [0.25, 0.3) is 10.9 Å². The molecule has 1 aromatic heterocycles. The van der Waals surface area contributed by atoms with Gasteiger partial charge in [-0.3, -0.25) is 4.98 Å². The molecule has 0 saturated heterocycles. The van der Waals surface area contributed by atoms with Crippen LogP contribution >= 0.6 is 0 Å². The van der Waals surface area contributed by atoms with E-state index in [9.17, 15) is 8.42 Å². The Hall–Kier alpha value is -2.64. The van der Waals surface area contributed by atoms with E-state index in [0.717, 1.165) is 16.5 Å². The summed E-state index contributed by atoms with van der Waals surface area (Å²) in [6.45, 7) is 7.11. The topological polar surface area (TPSA) is 77.5 Å². The first-order valence-electron chi connectivity index (χ1n) is 9.68. The lowest BCUT2D eigenvalue weighted by atomic mass is 10.1. The highest BCUT2D eigenvalue weighted by atomic mass is 32.2. The van der Waals surface area contributed by atoms with Crippen molar-refractivity contribution in [2.45, 2.75) is 32.1 Å². The fraction of sp³-hybridized carbons (Fsp3) is 0.318. The molecule has 0 aliphatic rings. The van der Waals surface area contributed by atoms with Crippen LogP contribution in [0.4, 0.5) is 0 Å². The maximum atomic E-state index is 12.8. The number of rotatable bonds is 9. The van der Waals surface area contributed by atoms with Crippen LogP contribution in [0, 0.1) is 6.92 Å². The zero-order chi connectivity index (χ0) is 20.9. The van der Waals surface area contributed by atoms with Crippen molar-refractivity contribution in [1.82, 2.24) is 9.71 Å². The molecule has 6 nitrogen and oxygen atoms in total. The summed E-state index contributed by atoms with van der Waals surface area (Å²) < 4.78 is 39.5. The molecule has 0 amide bonds. The average molecular weight is 415 g/mol. The fourth-order valence-corrected chi connectivity index (χ4v) is 4.33. The molecule has 0 bridgehead atoms. The van der Waals surface area contributed by atoms with E-state index in [1.165, 1.54) is 0 Å². The van der Waals surface area contributed by atoms with E-state index in [4.69, 9.17) is 9.47 Å². The summed E-state index contributed by atoms with van der Waals surface area (Å²) in [4.78, 5) is 4.51. The van der Waals surface area contributed by atoms with Crippen LogP contribution in [0.5, 0.6) is 11.5 Å². The van der Waals surface area contributed by atoms with Crippen LogP contribution in [0.2, 0.25) is 0 Å². The Labute approximate surface area is 171 Å². The van der Waals surface area contributed by atoms with Gasteiger partial charge in [-0.05, 0) is 62.6 Å². The number of nitrogens with one attached hydrogen (secondary N) is 1. The molecule has 0 atom stereocenters. The number of aromatic nitrogens is 1. The summed E-state index contributed by atoms with van der Waals surface area (Å²) in [6.07, 6.45) is 2.21. The molecule has 1 heterocycles. The average Bonchev–Trinajstić information content (AvgIpc) is 2.69. The fourth-order valence-electron chi connectivity index (χ4n) is 3.12. The Kier molecular flexibility index (Phi) is 6.71. The number of benzene rings is 2. The van der Waals surface area contributed by atoms with Crippen molar-refractivity contribution < 1.29 is 17.9 Å². The zero-order valence-electron chi connectivity index (χ0n) is 16.9. The molecule has 0 saturated carbocycles. The van der Waals surface area contributed by atoms with Crippen LogP contribution in [0.1, 0.15) is 25.0 Å². The largest absolute Gasteiger partial charge is 0.490 e. The summed E-state index contributed by atoms with van der Waals surface area (Å²) in [5.74, 6) is 1.36. The number of pyridine rings is 1. The van der Waals surface area contributed by atoms with Crippen molar-refractivity contribution in [3.05, 3.63) is 59.8 Å². The molecule has 3 aromatic rings. The van der Waals surface area contributed by atoms with Crippen molar-refractivity contribution in [3.63, 3.8) is 0 Å². The molecule has 0 aliphatic heterocycles. The van der Waals surface area contributed by atoms with Gasteiger partial charge in [-0.2, -0.15) is 0 Å². The second-order valence-corrected chi connectivity index (χ2v) is 8.37. The molecule has 0 radical (unpaired) electrons. The lowest BCUT2D eigenvalue weighted by Gasteiger charge is -2.13. The van der Waals surface area contributed by atoms with E-state index < -0.39 is 10.0 Å². The molecule has 0 aliphatic carbocycles. The maximum absolute atomic E-state index is 12.8. The Balaban J connectivity index is 1.74. The number of aryl methyl sites for hydroxylation is 1. The van der Waals surface area contributed by atoms with Gasteiger partial charge in [-0.15, -0.1) is 0 Å². The number of para-hydroxylation sites is 1. The standard InChI is InChI=1S/C22H26N2O4S/c1-4-27-19-10-9-17(14-20(19)28-5-2)11-12-24-29(25,26)21-8-6-7-18-13-16(3)15-23-22(18)21/h6-10,13-15,24H,4-5,11-12H2,1-3H3. The highest BCUT2D eigenvalue weighted by molar-refractivity contribution is 7.89. The SMILES string of the molecule is CCOc1ccc(CCNS(=O)(=O)c2cccc3cc(C)cnc23)cc1OCC. The Morgan fingerprint density at radius 3 is 2.52 bits per heavy atom. The molecular formula is C22H26N2O4S. The lowest BCUT2D eigenvalue weighted by molar-refractivity contribution is 0.287. The smallest absolute Gasteiger partial charge is 0.242 e. The van der Waals surface area contributed by atoms with Gasteiger partial charge in [0.15, 0.2) is 11.5 Å². The van der Waals surface area contributed by atoms with Crippen molar-refractivity contribution >= 4 is 20.9 Å². The van der Waals surface area contributed by atoms with Crippen molar-refractivity contribution in [1.29, 1.82) is 0 Å². The van der Waals surface area contributed by atoms with E-state index >= 15 is 0 Å². The highest BCUT2D eigenvalue weighted by Crippen LogP contribution is 2.28. The minimum Gasteiger partial charge on any atom is -0.490 e. The number of fused-ring (bicyclic) bond motifs is 1. The van der Waals surface area contributed by atoms with Gasteiger partial charge < -0.3 is 9.47 Å². The third-order valence-electron chi connectivity index (χ3n) is 4.41. The van der Waals surface area contributed by atoms with Crippen LogP contribution in [-0.4, -0.2) is 33.2 Å². The summed E-state index contributed by atoms with van der Waals surface area (Å²) >= 11 is 0. The Morgan fingerprint density at radius 2 is 1.76 bits per heavy atom. The van der Waals surface area contributed by atoms with Gasteiger partial charge in [0.1, 0.15) is 4.90 Å². The van der Waals surface area contributed by atoms with Crippen LogP contribution < -0.4 is 14.2 Å². The minimum atomic E-state index is -3.68. The van der Waals surface area contributed by atoms with E-state index in [1.807, 2.05) is 51.1 Å². The first-order valence-corrected chi connectivity index (χ1v) is 11.2. The van der Waals surface area contributed by atoms with Crippen molar-refractivity contribution in [2.75, 3.05) is 19.8 Å². The second kappa shape index (κ2) is 9.24. The molecule has 7 heteroatoms. The lowest BCUT2D eigenvalue weighted by Crippen LogP contribution is -2.26. The number of hydrogen-bond donors (Lipinski definition) is 1. The predicted molar refractivity (Wildman–Crippen MR) is 114 cm³/mol. The van der Waals surface area contributed by atoms with Crippen LogP contribution in [0.15, 0.2) is 53.6 Å². The van der Waals surface area contributed by atoms with Gasteiger partial charge in [0.25, 0.3) is 0 Å². The molecule has 29 heavy (non-hydrogen) atoms. The zero-order valence-corrected chi connectivity index (χ0v) is 17.8. The Morgan fingerprint density at radius 1 is 1.00 bits per heavy atom. The van der Waals surface area contributed by atoms with E-state index in [2.05, 4.69) is 9.71 Å². The molecule has 1 N–H and O–H groups in total. The van der Waals surface area contributed by atoms with E-state index in [0.29, 0.717) is 36.7 Å². The van der Waals surface area contributed by atoms with E-state index in [-0.39, 0.29) is 11.4 Å². The van der Waals surface area contributed by atoms with Gasteiger partial charge in [-0.25, -0.2) is 13.1 Å². The normalized spacial score (nSPS) is 11.6. The molecule has 0 spiro atoms. The monoisotopic (exact) mass is 414 g/mol. The summed E-state index contributed by atoms with van der Waals surface area (Å²) in [6, 6.07) is 12.8.